The van der Waals surface area contributed by atoms with Crippen LogP contribution in [0.15, 0.2) is 4.99 Å². The molecule has 0 aromatic rings. The first-order chi connectivity index (χ1) is 8.63. The van der Waals surface area contributed by atoms with E-state index in [1.165, 1.54) is 12.8 Å². The number of nitrogens with zero attached hydrogens (tertiary/aromatic N) is 1. The molecule has 1 rings (SSSR count). The van der Waals surface area contributed by atoms with Crippen molar-refractivity contribution in [2.45, 2.75) is 70.9 Å². The molecule has 0 bridgehead atoms. The Balaban J connectivity index is 0.00000324. The van der Waals surface area contributed by atoms with Gasteiger partial charge in [0.2, 0.25) is 0 Å². The summed E-state index contributed by atoms with van der Waals surface area (Å²) in [7, 11) is 0. The fourth-order valence-electron chi connectivity index (χ4n) is 2.18. The Bertz CT molecular complexity index is 261. The molecule has 0 atom stereocenters. The third-order valence-electron chi connectivity index (χ3n) is 3.22. The zero-order valence-electron chi connectivity index (χ0n) is 12.5. The van der Waals surface area contributed by atoms with E-state index in [-0.39, 0.29) is 24.0 Å². The SMILES string of the molecule is CCCC(O)(CCC)CN=C(NCC)NC1CC1.I. The molecule has 1 aliphatic rings. The molecule has 1 fully saturated rings. The van der Waals surface area contributed by atoms with Crippen molar-refractivity contribution < 1.29 is 5.11 Å². The molecule has 19 heavy (non-hydrogen) atoms. The van der Waals surface area contributed by atoms with Gasteiger partial charge in [0.05, 0.1) is 12.1 Å². The molecule has 0 aromatic heterocycles. The highest BCUT2D eigenvalue weighted by molar-refractivity contribution is 14.0. The summed E-state index contributed by atoms with van der Waals surface area (Å²) in [6.07, 6.45) is 6.12. The normalized spacial score (nSPS) is 15.9. The number of guanidine groups is 1. The highest BCUT2D eigenvalue weighted by Gasteiger charge is 2.26. The second kappa shape index (κ2) is 9.80. The molecule has 0 heterocycles. The Morgan fingerprint density at radius 2 is 1.79 bits per heavy atom. The summed E-state index contributed by atoms with van der Waals surface area (Å²) in [6.45, 7) is 7.64. The minimum absolute atomic E-state index is 0. The molecule has 1 saturated carbocycles. The zero-order chi connectivity index (χ0) is 13.4. The highest BCUT2D eigenvalue weighted by atomic mass is 127. The summed E-state index contributed by atoms with van der Waals surface area (Å²) in [4.78, 5) is 4.55. The van der Waals surface area contributed by atoms with Gasteiger partial charge in [-0.05, 0) is 32.6 Å². The molecule has 0 radical (unpaired) electrons. The molecule has 0 aliphatic heterocycles. The molecule has 5 heteroatoms. The van der Waals surface area contributed by atoms with E-state index in [4.69, 9.17) is 0 Å². The van der Waals surface area contributed by atoms with Crippen LogP contribution >= 0.6 is 24.0 Å². The van der Waals surface area contributed by atoms with Gasteiger partial charge in [-0.1, -0.05) is 26.7 Å². The first kappa shape index (κ1) is 19.0. The van der Waals surface area contributed by atoms with Gasteiger partial charge in [0.25, 0.3) is 0 Å². The van der Waals surface area contributed by atoms with Gasteiger partial charge >= 0.3 is 0 Å². The maximum absolute atomic E-state index is 10.5. The maximum Gasteiger partial charge on any atom is 0.191 e. The van der Waals surface area contributed by atoms with Crippen LogP contribution in [0.25, 0.3) is 0 Å². The van der Waals surface area contributed by atoms with Crippen molar-refractivity contribution >= 4 is 29.9 Å². The van der Waals surface area contributed by atoms with Gasteiger partial charge in [0, 0.05) is 12.6 Å². The van der Waals surface area contributed by atoms with Gasteiger partial charge in [-0.2, -0.15) is 0 Å². The summed E-state index contributed by atoms with van der Waals surface area (Å²) in [5.41, 5.74) is -0.630. The van der Waals surface area contributed by atoms with Crippen molar-refractivity contribution in [2.24, 2.45) is 4.99 Å². The van der Waals surface area contributed by atoms with Crippen LogP contribution in [0.3, 0.4) is 0 Å². The lowest BCUT2D eigenvalue weighted by Crippen LogP contribution is -2.41. The predicted octanol–water partition coefficient (Wildman–Crippen LogP) is 2.65. The first-order valence-corrected chi connectivity index (χ1v) is 7.40. The fourth-order valence-corrected chi connectivity index (χ4v) is 2.18. The van der Waals surface area contributed by atoms with Gasteiger partial charge in [-0.15, -0.1) is 24.0 Å². The smallest absolute Gasteiger partial charge is 0.191 e. The van der Waals surface area contributed by atoms with Crippen molar-refractivity contribution in [3.05, 3.63) is 0 Å². The van der Waals surface area contributed by atoms with Crippen LogP contribution in [0.2, 0.25) is 0 Å². The molecule has 0 unspecified atom stereocenters. The molecule has 0 amide bonds. The minimum atomic E-state index is -0.630. The number of rotatable bonds is 8. The average molecular weight is 383 g/mol. The average Bonchev–Trinajstić information content (AvgIpc) is 3.11. The number of hydrogen-bond acceptors (Lipinski definition) is 2. The van der Waals surface area contributed by atoms with Crippen LogP contribution < -0.4 is 10.6 Å². The zero-order valence-corrected chi connectivity index (χ0v) is 14.9. The summed E-state index contributed by atoms with van der Waals surface area (Å²) in [5.74, 6) is 0.852. The van der Waals surface area contributed by atoms with E-state index in [1.807, 2.05) is 0 Å². The Hall–Kier alpha value is -0.0400. The van der Waals surface area contributed by atoms with Crippen LogP contribution in [-0.2, 0) is 0 Å². The van der Waals surface area contributed by atoms with Crippen molar-refractivity contribution in [1.82, 2.24) is 10.6 Å². The summed E-state index contributed by atoms with van der Waals surface area (Å²) in [5, 5.41) is 17.1. The van der Waals surface area contributed by atoms with Crippen LogP contribution in [-0.4, -0.2) is 35.8 Å². The van der Waals surface area contributed by atoms with Gasteiger partial charge < -0.3 is 15.7 Å². The van der Waals surface area contributed by atoms with E-state index in [1.54, 1.807) is 0 Å². The molecular formula is C14H30IN3O. The molecular weight excluding hydrogens is 353 g/mol. The lowest BCUT2D eigenvalue weighted by atomic mass is 9.93. The number of aliphatic imine (C=N–C) groups is 1. The molecule has 0 aromatic carbocycles. The van der Waals surface area contributed by atoms with Crippen molar-refractivity contribution in [3.63, 3.8) is 0 Å². The predicted molar refractivity (Wildman–Crippen MR) is 92.3 cm³/mol. The third kappa shape index (κ3) is 7.97. The van der Waals surface area contributed by atoms with E-state index < -0.39 is 5.60 Å². The van der Waals surface area contributed by atoms with Crippen molar-refractivity contribution in [2.75, 3.05) is 13.1 Å². The van der Waals surface area contributed by atoms with Crippen LogP contribution in [0, 0.1) is 0 Å². The van der Waals surface area contributed by atoms with E-state index in [9.17, 15) is 5.11 Å². The van der Waals surface area contributed by atoms with Gasteiger partial charge in [0.1, 0.15) is 0 Å². The van der Waals surface area contributed by atoms with Crippen LogP contribution in [0.1, 0.15) is 59.3 Å². The second-order valence-electron chi connectivity index (χ2n) is 5.34. The Morgan fingerprint density at radius 1 is 1.21 bits per heavy atom. The number of aliphatic hydroxyl groups is 1. The van der Waals surface area contributed by atoms with E-state index >= 15 is 0 Å². The maximum atomic E-state index is 10.5. The Labute approximate surface area is 134 Å². The highest BCUT2D eigenvalue weighted by Crippen LogP contribution is 2.21. The third-order valence-corrected chi connectivity index (χ3v) is 3.22. The number of hydrogen-bond donors (Lipinski definition) is 3. The monoisotopic (exact) mass is 383 g/mol. The quantitative estimate of drug-likeness (QED) is 0.343. The first-order valence-electron chi connectivity index (χ1n) is 7.40. The lowest BCUT2D eigenvalue weighted by Gasteiger charge is -2.26. The second-order valence-corrected chi connectivity index (χ2v) is 5.34. The summed E-state index contributed by atoms with van der Waals surface area (Å²) >= 11 is 0. The van der Waals surface area contributed by atoms with E-state index in [0.29, 0.717) is 12.6 Å². The Kier molecular flexibility index (Phi) is 9.78. The van der Waals surface area contributed by atoms with Crippen molar-refractivity contribution in [3.8, 4) is 0 Å². The van der Waals surface area contributed by atoms with E-state index in [0.717, 1.165) is 38.2 Å². The molecule has 0 saturated heterocycles. The Morgan fingerprint density at radius 3 is 2.21 bits per heavy atom. The number of halogens is 1. The van der Waals surface area contributed by atoms with E-state index in [2.05, 4.69) is 36.4 Å². The standard InChI is InChI=1S/C14H29N3O.HI/c1-4-9-14(18,10-5-2)11-16-13(15-6-3)17-12-7-8-12;/h12,18H,4-11H2,1-3H3,(H2,15,16,17);1H. The van der Waals surface area contributed by atoms with Crippen molar-refractivity contribution in [1.29, 1.82) is 0 Å². The summed E-state index contributed by atoms with van der Waals surface area (Å²) in [6, 6.07) is 0.591. The summed E-state index contributed by atoms with van der Waals surface area (Å²) < 4.78 is 0. The van der Waals surface area contributed by atoms with Crippen LogP contribution in [0.4, 0.5) is 0 Å². The lowest BCUT2D eigenvalue weighted by molar-refractivity contribution is 0.0306. The van der Waals surface area contributed by atoms with Crippen LogP contribution in [0.5, 0.6) is 0 Å². The molecule has 0 spiro atoms. The topological polar surface area (TPSA) is 56.7 Å². The molecule has 114 valence electrons. The molecule has 3 N–H and O–H groups in total. The van der Waals surface area contributed by atoms with Gasteiger partial charge in [-0.25, -0.2) is 0 Å². The minimum Gasteiger partial charge on any atom is -0.388 e. The van der Waals surface area contributed by atoms with Gasteiger partial charge in [-0.3, -0.25) is 4.99 Å². The largest absolute Gasteiger partial charge is 0.388 e. The molecule has 1 aliphatic carbocycles. The fraction of sp³-hybridized carbons (Fsp3) is 0.929. The molecule has 4 nitrogen and oxygen atoms in total. The number of nitrogens with one attached hydrogen (secondary N) is 2. The van der Waals surface area contributed by atoms with Gasteiger partial charge in [0.15, 0.2) is 5.96 Å².